The van der Waals surface area contributed by atoms with E-state index >= 15 is 0 Å². The monoisotopic (exact) mass is 397 g/mol. The summed E-state index contributed by atoms with van der Waals surface area (Å²) in [5.41, 5.74) is 8.34. The van der Waals surface area contributed by atoms with Gasteiger partial charge in [0.2, 0.25) is 0 Å². The molecule has 3 rings (SSSR count). The molecule has 6 heteroatoms. The Hall–Kier alpha value is -2.73. The summed E-state index contributed by atoms with van der Waals surface area (Å²) in [5, 5.41) is 0.748. The summed E-state index contributed by atoms with van der Waals surface area (Å²) in [4.78, 5) is 29.2. The van der Waals surface area contributed by atoms with Crippen molar-refractivity contribution < 1.29 is 9.59 Å². The van der Waals surface area contributed by atoms with E-state index in [2.05, 4.69) is 31.8 Å². The van der Waals surface area contributed by atoms with Crippen molar-refractivity contribution in [3.8, 4) is 0 Å². The highest BCUT2D eigenvalue weighted by Gasteiger charge is 2.14. The Balaban J connectivity index is 1.84. The van der Waals surface area contributed by atoms with Gasteiger partial charge < -0.3 is 0 Å². The predicted octanol–water partition coefficient (Wildman–Crippen LogP) is 3.69. The number of hydrogen-bond donors (Lipinski definition) is 2. The van der Waals surface area contributed by atoms with E-state index < -0.39 is 5.91 Å². The van der Waals surface area contributed by atoms with Crippen LogP contribution in [0.25, 0.3) is 10.9 Å². The highest BCUT2D eigenvalue weighted by Crippen LogP contribution is 2.20. The Morgan fingerprint density at radius 3 is 2.32 bits per heavy atom. The number of carbonyl (C=O) groups excluding carboxylic acids is 2. The largest absolute Gasteiger partial charge is 0.270 e. The van der Waals surface area contributed by atoms with Crippen molar-refractivity contribution in [3.63, 3.8) is 0 Å². The molecule has 0 fully saturated rings. The number of amides is 2. The molecular formula is C19H16BrN3O2. The number of hydrogen-bond acceptors (Lipinski definition) is 3. The zero-order valence-corrected chi connectivity index (χ0v) is 15.3. The summed E-state index contributed by atoms with van der Waals surface area (Å²) in [7, 11) is 0. The molecule has 0 aliphatic heterocycles. The zero-order chi connectivity index (χ0) is 18.0. The minimum atomic E-state index is -0.396. The molecule has 0 saturated carbocycles. The summed E-state index contributed by atoms with van der Waals surface area (Å²) in [6.07, 6.45) is 0. The molecule has 0 radical (unpaired) electrons. The Morgan fingerprint density at radius 1 is 0.920 bits per heavy atom. The number of carbonyl (C=O) groups is 2. The first-order chi connectivity index (χ1) is 12.0. The molecule has 1 aromatic heterocycles. The van der Waals surface area contributed by atoms with Crippen LogP contribution in [0.4, 0.5) is 0 Å². The molecular weight excluding hydrogens is 382 g/mol. The lowest BCUT2D eigenvalue weighted by Gasteiger charge is -2.11. The summed E-state index contributed by atoms with van der Waals surface area (Å²) in [6, 6.07) is 14.4. The van der Waals surface area contributed by atoms with Crippen LogP contribution in [0, 0.1) is 13.8 Å². The van der Waals surface area contributed by atoms with Gasteiger partial charge in [0.05, 0.1) is 16.6 Å². The second-order valence-corrected chi connectivity index (χ2v) is 6.57. The fourth-order valence-corrected chi connectivity index (χ4v) is 3.02. The summed E-state index contributed by atoms with van der Waals surface area (Å²) < 4.78 is 0.655. The molecule has 25 heavy (non-hydrogen) atoms. The molecule has 126 valence electrons. The van der Waals surface area contributed by atoms with E-state index in [1.54, 1.807) is 24.3 Å². The number of pyridine rings is 1. The minimum Gasteiger partial charge on any atom is -0.267 e. The third kappa shape index (κ3) is 3.69. The quantitative estimate of drug-likeness (QED) is 0.647. The van der Waals surface area contributed by atoms with Crippen LogP contribution in [0.5, 0.6) is 0 Å². The Bertz CT molecular complexity index is 986. The molecule has 2 aromatic carbocycles. The first kappa shape index (κ1) is 17.1. The number of nitrogens with zero attached hydrogens (tertiary/aromatic N) is 1. The standard InChI is InChI=1S/C19H16BrN3O2/c1-11-7-8-17-14(9-11)15(10-12(2)21-17)19(25)23-22-18(24)13-5-3-4-6-16(13)20/h3-10H,1-2H3,(H,22,24)(H,23,25). The summed E-state index contributed by atoms with van der Waals surface area (Å²) >= 11 is 3.32. The molecule has 2 amide bonds. The SMILES string of the molecule is Cc1ccc2nc(C)cc(C(=O)NNC(=O)c3ccccc3Br)c2c1. The van der Waals surface area contributed by atoms with Gasteiger partial charge in [-0.3, -0.25) is 25.4 Å². The van der Waals surface area contributed by atoms with Crippen LogP contribution in [0.1, 0.15) is 32.0 Å². The van der Waals surface area contributed by atoms with Crippen LogP contribution in [0.15, 0.2) is 53.0 Å². The molecule has 5 nitrogen and oxygen atoms in total. The third-order valence-electron chi connectivity index (χ3n) is 3.74. The Labute approximate surface area is 153 Å². The fourth-order valence-electron chi connectivity index (χ4n) is 2.55. The minimum absolute atomic E-state index is 0.387. The van der Waals surface area contributed by atoms with E-state index in [1.807, 2.05) is 38.1 Å². The van der Waals surface area contributed by atoms with E-state index in [4.69, 9.17) is 0 Å². The first-order valence-corrected chi connectivity index (χ1v) is 8.48. The van der Waals surface area contributed by atoms with Gasteiger partial charge in [-0.2, -0.15) is 0 Å². The predicted molar refractivity (Wildman–Crippen MR) is 100 cm³/mol. The van der Waals surface area contributed by atoms with Crippen molar-refractivity contribution >= 4 is 38.6 Å². The van der Waals surface area contributed by atoms with E-state index in [-0.39, 0.29) is 5.91 Å². The normalized spacial score (nSPS) is 10.5. The topological polar surface area (TPSA) is 71.1 Å². The van der Waals surface area contributed by atoms with E-state index in [1.165, 1.54) is 0 Å². The maximum Gasteiger partial charge on any atom is 0.270 e. The second kappa shape index (κ2) is 7.03. The second-order valence-electron chi connectivity index (χ2n) is 5.72. The van der Waals surface area contributed by atoms with Gasteiger partial charge in [-0.05, 0) is 60.1 Å². The van der Waals surface area contributed by atoms with E-state index in [0.717, 1.165) is 22.2 Å². The number of halogens is 1. The molecule has 0 unspecified atom stereocenters. The van der Waals surface area contributed by atoms with Crippen LogP contribution in [-0.4, -0.2) is 16.8 Å². The number of rotatable bonds is 2. The average Bonchev–Trinajstić information content (AvgIpc) is 2.59. The van der Waals surface area contributed by atoms with Gasteiger partial charge in [0.25, 0.3) is 11.8 Å². The van der Waals surface area contributed by atoms with Crippen molar-refractivity contribution in [1.29, 1.82) is 0 Å². The summed E-state index contributed by atoms with van der Waals surface area (Å²) in [5.74, 6) is -0.784. The van der Waals surface area contributed by atoms with E-state index in [9.17, 15) is 9.59 Å². The molecule has 0 aliphatic carbocycles. The van der Waals surface area contributed by atoms with Crippen LogP contribution >= 0.6 is 15.9 Å². The van der Waals surface area contributed by atoms with Crippen LogP contribution in [0.3, 0.4) is 0 Å². The van der Waals surface area contributed by atoms with Gasteiger partial charge in [0, 0.05) is 15.6 Å². The number of benzene rings is 2. The van der Waals surface area contributed by atoms with Crippen molar-refractivity contribution in [3.05, 3.63) is 75.4 Å². The molecule has 3 aromatic rings. The van der Waals surface area contributed by atoms with E-state index in [0.29, 0.717) is 15.6 Å². The first-order valence-electron chi connectivity index (χ1n) is 7.69. The van der Waals surface area contributed by atoms with Gasteiger partial charge >= 0.3 is 0 Å². The number of hydrazine groups is 1. The fraction of sp³-hybridized carbons (Fsp3) is 0.105. The number of nitrogens with one attached hydrogen (secondary N) is 2. The van der Waals surface area contributed by atoms with Gasteiger partial charge in [-0.1, -0.05) is 23.8 Å². The van der Waals surface area contributed by atoms with Gasteiger partial charge in [0.15, 0.2) is 0 Å². The molecule has 0 bridgehead atoms. The van der Waals surface area contributed by atoms with Crippen LogP contribution in [-0.2, 0) is 0 Å². The van der Waals surface area contributed by atoms with Gasteiger partial charge in [-0.25, -0.2) is 0 Å². The maximum absolute atomic E-state index is 12.6. The average molecular weight is 398 g/mol. The lowest BCUT2D eigenvalue weighted by atomic mass is 10.0. The van der Waals surface area contributed by atoms with Crippen molar-refractivity contribution in [2.75, 3.05) is 0 Å². The highest BCUT2D eigenvalue weighted by molar-refractivity contribution is 9.10. The lowest BCUT2D eigenvalue weighted by Crippen LogP contribution is -2.41. The van der Waals surface area contributed by atoms with Crippen molar-refractivity contribution in [2.24, 2.45) is 0 Å². The van der Waals surface area contributed by atoms with Gasteiger partial charge in [0.1, 0.15) is 0 Å². The maximum atomic E-state index is 12.6. The van der Waals surface area contributed by atoms with Gasteiger partial charge in [-0.15, -0.1) is 0 Å². The zero-order valence-electron chi connectivity index (χ0n) is 13.8. The third-order valence-corrected chi connectivity index (χ3v) is 4.44. The van der Waals surface area contributed by atoms with Crippen LogP contribution in [0.2, 0.25) is 0 Å². The van der Waals surface area contributed by atoms with Crippen molar-refractivity contribution in [1.82, 2.24) is 15.8 Å². The molecule has 0 spiro atoms. The molecule has 0 aliphatic rings. The highest BCUT2D eigenvalue weighted by atomic mass is 79.9. The van der Waals surface area contributed by atoms with Crippen LogP contribution < -0.4 is 10.9 Å². The molecule has 1 heterocycles. The number of aromatic nitrogens is 1. The molecule has 0 saturated heterocycles. The Morgan fingerprint density at radius 2 is 1.60 bits per heavy atom. The molecule has 0 atom stereocenters. The molecule has 2 N–H and O–H groups in total. The smallest absolute Gasteiger partial charge is 0.267 e. The number of fused-ring (bicyclic) bond motifs is 1. The lowest BCUT2D eigenvalue weighted by molar-refractivity contribution is 0.0847. The summed E-state index contributed by atoms with van der Waals surface area (Å²) in [6.45, 7) is 3.78. The Kier molecular flexibility index (Phi) is 4.81. The number of aryl methyl sites for hydroxylation is 2. The van der Waals surface area contributed by atoms with Crippen molar-refractivity contribution in [2.45, 2.75) is 13.8 Å².